The van der Waals surface area contributed by atoms with E-state index in [2.05, 4.69) is 30.0 Å². The van der Waals surface area contributed by atoms with Gasteiger partial charge in [-0.1, -0.05) is 42.3 Å². The lowest BCUT2D eigenvalue weighted by Crippen LogP contribution is -2.48. The lowest BCUT2D eigenvalue weighted by molar-refractivity contribution is 0.207. The van der Waals surface area contributed by atoms with E-state index in [0.29, 0.717) is 28.7 Å². The van der Waals surface area contributed by atoms with Crippen LogP contribution >= 0.6 is 23.2 Å². The van der Waals surface area contributed by atoms with Gasteiger partial charge in [0.15, 0.2) is 5.41 Å². The summed E-state index contributed by atoms with van der Waals surface area (Å²) in [6.45, 7) is 4.25. The SMILES string of the molecule is CCCN1CC=C2C(C#N)=C(N)C(C#N)(C#N)C(c3c(Cl)cccc3Cl)C2C1. The zero-order chi connectivity index (χ0) is 20.5. The number of halogens is 2. The van der Waals surface area contributed by atoms with Crippen LogP contribution in [0.25, 0.3) is 0 Å². The van der Waals surface area contributed by atoms with Gasteiger partial charge in [-0.2, -0.15) is 15.8 Å². The Morgan fingerprint density at radius 2 is 1.86 bits per heavy atom. The molecule has 0 spiro atoms. The van der Waals surface area contributed by atoms with Gasteiger partial charge in [0.05, 0.1) is 23.4 Å². The van der Waals surface area contributed by atoms with Crippen LogP contribution < -0.4 is 5.73 Å². The zero-order valence-electron chi connectivity index (χ0n) is 15.4. The molecule has 7 heteroatoms. The fourth-order valence-corrected chi connectivity index (χ4v) is 4.99. The summed E-state index contributed by atoms with van der Waals surface area (Å²) in [5.74, 6) is -0.967. The molecule has 1 heterocycles. The standard InChI is InChI=1S/C21H19Cl2N5/c1-2-7-28-8-6-13-14(9-24)20(27)21(11-25,12-26)19(15(13)10-28)18-16(22)4-3-5-17(18)23/h3-6,15,19H,2,7-8,10,27H2,1H3. The molecule has 1 aliphatic carbocycles. The Hall–Kier alpha value is -2.49. The maximum atomic E-state index is 10.1. The van der Waals surface area contributed by atoms with Gasteiger partial charge in [0, 0.05) is 35.0 Å². The Morgan fingerprint density at radius 3 is 2.39 bits per heavy atom. The number of allylic oxidation sites excluding steroid dienone is 2. The van der Waals surface area contributed by atoms with Gasteiger partial charge in [0.2, 0.25) is 0 Å². The van der Waals surface area contributed by atoms with Crippen LogP contribution in [0.15, 0.2) is 41.1 Å². The number of fused-ring (bicyclic) bond motifs is 1. The molecule has 1 aromatic carbocycles. The molecule has 0 amide bonds. The lowest BCUT2D eigenvalue weighted by atomic mass is 9.58. The third-order valence-corrected chi connectivity index (χ3v) is 6.25. The van der Waals surface area contributed by atoms with Crippen LogP contribution in [0.5, 0.6) is 0 Å². The molecule has 1 aromatic rings. The van der Waals surface area contributed by atoms with Crippen molar-refractivity contribution in [3.05, 3.63) is 56.7 Å². The summed E-state index contributed by atoms with van der Waals surface area (Å²) in [5.41, 5.74) is 6.07. The van der Waals surface area contributed by atoms with Crippen LogP contribution in [-0.4, -0.2) is 24.5 Å². The van der Waals surface area contributed by atoms with Crippen LogP contribution in [0.3, 0.4) is 0 Å². The van der Waals surface area contributed by atoms with E-state index < -0.39 is 11.3 Å². The molecule has 0 radical (unpaired) electrons. The predicted octanol–water partition coefficient (Wildman–Crippen LogP) is 4.13. The van der Waals surface area contributed by atoms with Gasteiger partial charge in [-0.3, -0.25) is 4.90 Å². The molecule has 2 N–H and O–H groups in total. The molecule has 28 heavy (non-hydrogen) atoms. The second-order valence-corrected chi connectivity index (χ2v) is 7.89. The first kappa shape index (κ1) is 20.2. The van der Waals surface area contributed by atoms with Crippen molar-refractivity contribution >= 4 is 23.2 Å². The molecule has 0 saturated carbocycles. The molecule has 0 saturated heterocycles. The molecule has 1 aliphatic heterocycles. The molecule has 142 valence electrons. The van der Waals surface area contributed by atoms with Gasteiger partial charge in [0.1, 0.15) is 6.07 Å². The van der Waals surface area contributed by atoms with Crippen LogP contribution in [0, 0.1) is 45.3 Å². The fourth-order valence-electron chi connectivity index (χ4n) is 4.36. The third kappa shape index (κ3) is 2.95. The molecule has 2 aliphatic rings. The van der Waals surface area contributed by atoms with E-state index in [4.69, 9.17) is 28.9 Å². The average molecular weight is 412 g/mol. The van der Waals surface area contributed by atoms with E-state index in [0.717, 1.165) is 18.5 Å². The van der Waals surface area contributed by atoms with Gasteiger partial charge < -0.3 is 5.73 Å². The summed E-state index contributed by atoms with van der Waals surface area (Å²) in [7, 11) is 0. The molecule has 5 nitrogen and oxygen atoms in total. The second-order valence-electron chi connectivity index (χ2n) is 7.07. The van der Waals surface area contributed by atoms with E-state index in [9.17, 15) is 15.8 Å². The van der Waals surface area contributed by atoms with Crippen molar-refractivity contribution in [3.63, 3.8) is 0 Å². The molecule has 2 unspecified atom stereocenters. The first-order valence-electron chi connectivity index (χ1n) is 9.04. The van der Waals surface area contributed by atoms with Gasteiger partial charge in [-0.25, -0.2) is 0 Å². The van der Waals surface area contributed by atoms with Gasteiger partial charge in [-0.15, -0.1) is 0 Å². The normalized spacial score (nSPS) is 23.8. The number of nitrogens with zero attached hydrogens (tertiary/aromatic N) is 4. The highest BCUT2D eigenvalue weighted by Crippen LogP contribution is 2.56. The highest BCUT2D eigenvalue weighted by Gasteiger charge is 2.55. The molecule has 0 aromatic heterocycles. The largest absolute Gasteiger partial charge is 0.399 e. The Balaban J connectivity index is 2.34. The van der Waals surface area contributed by atoms with Crippen LogP contribution in [0.1, 0.15) is 24.8 Å². The highest BCUT2D eigenvalue weighted by atomic mass is 35.5. The van der Waals surface area contributed by atoms with Gasteiger partial charge >= 0.3 is 0 Å². The monoisotopic (exact) mass is 411 g/mol. The van der Waals surface area contributed by atoms with Crippen molar-refractivity contribution in [2.45, 2.75) is 19.3 Å². The minimum absolute atomic E-state index is 0.0209. The minimum atomic E-state index is -1.73. The molecular weight excluding hydrogens is 393 g/mol. The molecular formula is C21H19Cl2N5. The van der Waals surface area contributed by atoms with E-state index in [1.54, 1.807) is 18.2 Å². The summed E-state index contributed by atoms with van der Waals surface area (Å²) < 4.78 is 0. The number of nitriles is 3. The zero-order valence-corrected chi connectivity index (χ0v) is 16.9. The Kier molecular flexibility index (Phi) is 5.69. The Bertz CT molecular complexity index is 955. The summed E-state index contributed by atoms with van der Waals surface area (Å²) in [4.78, 5) is 2.24. The molecule has 2 atom stereocenters. The van der Waals surface area contributed by atoms with Gasteiger partial charge in [-0.05, 0) is 36.2 Å². The van der Waals surface area contributed by atoms with Crippen LogP contribution in [-0.2, 0) is 0 Å². The second kappa shape index (κ2) is 7.86. The molecule has 3 rings (SSSR count). The van der Waals surface area contributed by atoms with Crippen molar-refractivity contribution < 1.29 is 0 Å². The van der Waals surface area contributed by atoms with E-state index in [-0.39, 0.29) is 17.2 Å². The average Bonchev–Trinajstić information content (AvgIpc) is 2.69. The van der Waals surface area contributed by atoms with Crippen molar-refractivity contribution in [1.29, 1.82) is 15.8 Å². The number of rotatable bonds is 3. The third-order valence-electron chi connectivity index (χ3n) is 5.59. The molecule has 0 fully saturated rings. The van der Waals surface area contributed by atoms with Crippen molar-refractivity contribution in [3.8, 4) is 18.2 Å². The summed E-state index contributed by atoms with van der Waals surface area (Å²) >= 11 is 13.0. The first-order chi connectivity index (χ1) is 13.4. The Morgan fingerprint density at radius 1 is 1.21 bits per heavy atom. The summed E-state index contributed by atoms with van der Waals surface area (Å²) in [5, 5.41) is 30.7. The van der Waals surface area contributed by atoms with Crippen molar-refractivity contribution in [1.82, 2.24) is 4.90 Å². The summed E-state index contributed by atoms with van der Waals surface area (Å²) in [6, 6.07) is 11.4. The number of hydrogen-bond acceptors (Lipinski definition) is 5. The van der Waals surface area contributed by atoms with Gasteiger partial charge in [0.25, 0.3) is 0 Å². The lowest BCUT2D eigenvalue weighted by Gasteiger charge is -2.46. The minimum Gasteiger partial charge on any atom is -0.399 e. The maximum Gasteiger partial charge on any atom is 0.191 e. The van der Waals surface area contributed by atoms with Crippen molar-refractivity contribution in [2.75, 3.05) is 19.6 Å². The first-order valence-corrected chi connectivity index (χ1v) is 9.80. The summed E-state index contributed by atoms with van der Waals surface area (Å²) in [6.07, 6.45) is 2.95. The number of benzene rings is 1. The topological polar surface area (TPSA) is 101 Å². The van der Waals surface area contributed by atoms with E-state index in [1.165, 1.54) is 0 Å². The maximum absolute atomic E-state index is 10.1. The molecule has 0 bridgehead atoms. The quantitative estimate of drug-likeness (QED) is 0.805. The van der Waals surface area contributed by atoms with Crippen LogP contribution in [0.2, 0.25) is 10.0 Å². The Labute approximate surface area is 174 Å². The number of nitrogens with two attached hydrogens (primary N) is 1. The van der Waals surface area contributed by atoms with Crippen molar-refractivity contribution in [2.24, 2.45) is 17.1 Å². The fraction of sp³-hybridized carbons (Fsp3) is 0.381. The van der Waals surface area contributed by atoms with Crippen LogP contribution in [0.4, 0.5) is 0 Å². The van der Waals surface area contributed by atoms with E-state index in [1.807, 2.05) is 6.08 Å². The predicted molar refractivity (Wildman–Crippen MR) is 108 cm³/mol. The smallest absolute Gasteiger partial charge is 0.191 e. The van der Waals surface area contributed by atoms with E-state index >= 15 is 0 Å². The number of hydrogen-bond donors (Lipinski definition) is 1. The highest BCUT2D eigenvalue weighted by molar-refractivity contribution is 6.36.